The van der Waals surface area contributed by atoms with Gasteiger partial charge < -0.3 is 9.84 Å². The summed E-state index contributed by atoms with van der Waals surface area (Å²) in [4.78, 5) is 11.2. The molecule has 2 aromatic carbocycles. The predicted octanol–water partition coefficient (Wildman–Crippen LogP) is 3.74. The van der Waals surface area contributed by atoms with Crippen molar-refractivity contribution in [3.05, 3.63) is 63.6 Å². The van der Waals surface area contributed by atoms with Crippen LogP contribution in [-0.2, 0) is 0 Å². The summed E-state index contributed by atoms with van der Waals surface area (Å²) in [6.07, 6.45) is -0.762. The molecule has 0 fully saturated rings. The summed E-state index contributed by atoms with van der Waals surface area (Å²) in [5, 5.41) is 10.4. The molecule has 0 aliphatic heterocycles. The molecule has 2 rings (SSSR count). The minimum atomic E-state index is -0.762. The SMILES string of the molecule is COc1cc(Br)cc(C(O)c2ccc(C(C)=O)cc2)c1. The van der Waals surface area contributed by atoms with E-state index in [0.29, 0.717) is 11.3 Å². The second-order valence-corrected chi connectivity index (χ2v) is 5.42. The third-order valence-corrected chi connectivity index (χ3v) is 3.54. The Morgan fingerprint density at radius 2 is 1.80 bits per heavy atom. The molecule has 1 atom stereocenters. The van der Waals surface area contributed by atoms with Crippen LogP contribution in [0.5, 0.6) is 5.75 Å². The molecular formula is C16H15BrO3. The van der Waals surface area contributed by atoms with Gasteiger partial charge in [0.05, 0.1) is 7.11 Å². The highest BCUT2D eigenvalue weighted by Gasteiger charge is 2.13. The largest absolute Gasteiger partial charge is 0.497 e. The third kappa shape index (κ3) is 3.26. The fourth-order valence-corrected chi connectivity index (χ4v) is 2.44. The van der Waals surface area contributed by atoms with Gasteiger partial charge in [0.25, 0.3) is 0 Å². The van der Waals surface area contributed by atoms with E-state index in [2.05, 4.69) is 15.9 Å². The van der Waals surface area contributed by atoms with Crippen LogP contribution in [0.15, 0.2) is 46.9 Å². The van der Waals surface area contributed by atoms with Gasteiger partial charge in [0.15, 0.2) is 5.78 Å². The number of ketones is 1. The Labute approximate surface area is 126 Å². The van der Waals surface area contributed by atoms with Gasteiger partial charge in [-0.3, -0.25) is 4.79 Å². The molecule has 1 unspecified atom stereocenters. The van der Waals surface area contributed by atoms with Gasteiger partial charge in [-0.2, -0.15) is 0 Å². The Kier molecular flexibility index (Phi) is 4.57. The average molecular weight is 335 g/mol. The zero-order chi connectivity index (χ0) is 14.7. The first-order valence-corrected chi connectivity index (χ1v) is 6.94. The zero-order valence-electron chi connectivity index (χ0n) is 11.3. The number of hydrogen-bond acceptors (Lipinski definition) is 3. The van der Waals surface area contributed by atoms with E-state index in [1.807, 2.05) is 12.1 Å². The maximum Gasteiger partial charge on any atom is 0.159 e. The molecule has 0 saturated heterocycles. The lowest BCUT2D eigenvalue weighted by molar-refractivity contribution is 0.101. The number of halogens is 1. The summed E-state index contributed by atoms with van der Waals surface area (Å²) in [7, 11) is 1.58. The first kappa shape index (κ1) is 14.8. The summed E-state index contributed by atoms with van der Waals surface area (Å²) < 4.78 is 6.03. The first-order chi connectivity index (χ1) is 9.51. The fourth-order valence-electron chi connectivity index (χ4n) is 1.95. The van der Waals surface area contributed by atoms with E-state index < -0.39 is 6.10 Å². The van der Waals surface area contributed by atoms with E-state index in [1.165, 1.54) is 6.92 Å². The number of methoxy groups -OCH3 is 1. The summed E-state index contributed by atoms with van der Waals surface area (Å²) >= 11 is 3.39. The fraction of sp³-hybridized carbons (Fsp3) is 0.188. The van der Waals surface area contributed by atoms with Crippen molar-refractivity contribution in [2.45, 2.75) is 13.0 Å². The van der Waals surface area contributed by atoms with Crippen LogP contribution >= 0.6 is 15.9 Å². The van der Waals surface area contributed by atoms with Crippen LogP contribution in [0.25, 0.3) is 0 Å². The number of carbonyl (C=O) groups is 1. The van der Waals surface area contributed by atoms with Crippen molar-refractivity contribution in [3.8, 4) is 5.75 Å². The third-order valence-electron chi connectivity index (χ3n) is 3.08. The Balaban J connectivity index is 2.32. The highest BCUT2D eigenvalue weighted by atomic mass is 79.9. The molecule has 3 nitrogen and oxygen atoms in total. The smallest absolute Gasteiger partial charge is 0.159 e. The Bertz CT molecular complexity index is 620. The van der Waals surface area contributed by atoms with Gasteiger partial charge in [-0.25, -0.2) is 0 Å². The van der Waals surface area contributed by atoms with Gasteiger partial charge in [0.2, 0.25) is 0 Å². The lowest BCUT2D eigenvalue weighted by Crippen LogP contribution is -2.01. The van der Waals surface area contributed by atoms with Gasteiger partial charge >= 0.3 is 0 Å². The minimum absolute atomic E-state index is 0.00941. The number of benzene rings is 2. The molecule has 1 N–H and O–H groups in total. The molecule has 0 heterocycles. The predicted molar refractivity (Wildman–Crippen MR) is 81.2 cm³/mol. The molecule has 0 spiro atoms. The average Bonchev–Trinajstić information content (AvgIpc) is 2.45. The summed E-state index contributed by atoms with van der Waals surface area (Å²) in [6.45, 7) is 1.52. The maximum absolute atomic E-state index is 11.2. The molecule has 0 saturated carbocycles. The Morgan fingerprint density at radius 3 is 2.35 bits per heavy atom. The van der Waals surface area contributed by atoms with Crippen molar-refractivity contribution in [2.75, 3.05) is 7.11 Å². The first-order valence-electron chi connectivity index (χ1n) is 6.14. The number of aliphatic hydroxyl groups excluding tert-OH is 1. The molecule has 20 heavy (non-hydrogen) atoms. The van der Waals surface area contributed by atoms with Crippen LogP contribution in [-0.4, -0.2) is 18.0 Å². The van der Waals surface area contributed by atoms with E-state index >= 15 is 0 Å². The number of ether oxygens (including phenoxy) is 1. The van der Waals surface area contributed by atoms with Crippen molar-refractivity contribution in [3.63, 3.8) is 0 Å². The van der Waals surface area contributed by atoms with Crippen molar-refractivity contribution >= 4 is 21.7 Å². The summed E-state index contributed by atoms with van der Waals surface area (Å²) in [5.74, 6) is 0.684. The van der Waals surface area contributed by atoms with Crippen LogP contribution in [0.4, 0.5) is 0 Å². The lowest BCUT2D eigenvalue weighted by Gasteiger charge is -2.13. The normalized spacial score (nSPS) is 12.0. The highest BCUT2D eigenvalue weighted by Crippen LogP contribution is 2.29. The molecule has 0 amide bonds. The van der Waals surface area contributed by atoms with Crippen LogP contribution in [0, 0.1) is 0 Å². The quantitative estimate of drug-likeness (QED) is 0.866. The molecule has 104 valence electrons. The van der Waals surface area contributed by atoms with E-state index in [9.17, 15) is 9.90 Å². The maximum atomic E-state index is 11.2. The monoisotopic (exact) mass is 334 g/mol. The molecule has 0 aliphatic carbocycles. The van der Waals surface area contributed by atoms with Crippen LogP contribution in [0.2, 0.25) is 0 Å². The summed E-state index contributed by atoms with van der Waals surface area (Å²) in [6, 6.07) is 12.4. The van der Waals surface area contributed by atoms with Crippen molar-refractivity contribution in [2.24, 2.45) is 0 Å². The van der Waals surface area contributed by atoms with E-state index in [1.54, 1.807) is 37.4 Å². The van der Waals surface area contributed by atoms with Crippen molar-refractivity contribution in [1.29, 1.82) is 0 Å². The lowest BCUT2D eigenvalue weighted by atomic mass is 9.99. The number of carbonyl (C=O) groups excluding carboxylic acids is 1. The van der Waals surface area contributed by atoms with E-state index in [4.69, 9.17) is 4.74 Å². The molecular weight excluding hydrogens is 320 g/mol. The topological polar surface area (TPSA) is 46.5 Å². The van der Waals surface area contributed by atoms with Gasteiger partial charge in [-0.1, -0.05) is 40.2 Å². The molecule has 0 aromatic heterocycles. The standard InChI is InChI=1S/C16H15BrO3/c1-10(18)11-3-5-12(6-4-11)16(19)13-7-14(17)9-15(8-13)20-2/h3-9,16,19H,1-2H3. The Hall–Kier alpha value is -1.65. The van der Waals surface area contributed by atoms with Gasteiger partial charge in [-0.05, 0) is 36.2 Å². The van der Waals surface area contributed by atoms with Crippen molar-refractivity contribution in [1.82, 2.24) is 0 Å². The van der Waals surface area contributed by atoms with E-state index in [-0.39, 0.29) is 5.78 Å². The van der Waals surface area contributed by atoms with Crippen LogP contribution < -0.4 is 4.74 Å². The molecule has 0 bridgehead atoms. The highest BCUT2D eigenvalue weighted by molar-refractivity contribution is 9.10. The second-order valence-electron chi connectivity index (χ2n) is 4.51. The van der Waals surface area contributed by atoms with Crippen molar-refractivity contribution < 1.29 is 14.6 Å². The minimum Gasteiger partial charge on any atom is -0.497 e. The van der Waals surface area contributed by atoms with Crippen LogP contribution in [0.3, 0.4) is 0 Å². The second kappa shape index (κ2) is 6.20. The zero-order valence-corrected chi connectivity index (χ0v) is 12.8. The number of Topliss-reactive ketones (excluding diaryl/α,β-unsaturated/α-hetero) is 1. The van der Waals surface area contributed by atoms with Crippen LogP contribution in [0.1, 0.15) is 34.5 Å². The molecule has 0 aliphatic rings. The number of aliphatic hydroxyl groups is 1. The number of hydrogen-bond donors (Lipinski definition) is 1. The van der Waals surface area contributed by atoms with Gasteiger partial charge in [0, 0.05) is 10.0 Å². The van der Waals surface area contributed by atoms with Gasteiger partial charge in [-0.15, -0.1) is 0 Å². The summed E-state index contributed by atoms with van der Waals surface area (Å²) in [5.41, 5.74) is 2.09. The number of rotatable bonds is 4. The molecule has 4 heteroatoms. The van der Waals surface area contributed by atoms with Gasteiger partial charge in [0.1, 0.15) is 11.9 Å². The Morgan fingerprint density at radius 1 is 1.15 bits per heavy atom. The van der Waals surface area contributed by atoms with E-state index in [0.717, 1.165) is 15.6 Å². The molecule has 2 aromatic rings. The molecule has 0 radical (unpaired) electrons.